The molecule has 0 bridgehead atoms. The van der Waals surface area contributed by atoms with Gasteiger partial charge >= 0.3 is 0 Å². The van der Waals surface area contributed by atoms with Crippen LogP contribution in [0.4, 0.5) is 5.13 Å². The van der Waals surface area contributed by atoms with Gasteiger partial charge in [0.25, 0.3) is 0 Å². The third-order valence-corrected chi connectivity index (χ3v) is 8.19. The third kappa shape index (κ3) is 4.81. The molecule has 2 heterocycles. The number of rotatable bonds is 5. The molecule has 1 fully saturated rings. The molecule has 1 amide bonds. The Hall–Kier alpha value is -2.29. The largest absolute Gasteiger partial charge is 0.283 e. The Morgan fingerprint density at radius 3 is 2.68 bits per heavy atom. The molecule has 31 heavy (non-hydrogen) atoms. The number of hydrogen-bond donors (Lipinski definition) is 0. The molecule has 0 radical (unpaired) electrons. The standard InChI is InChI=1S/C23H27N3O3S2/c1-16-12-17(2)21-20(13-16)24-23(30-21)26(14-18-8-5-4-6-9-18)22(27)19-10-7-11-25(15-19)31(3,28)29/h4-6,8-9,12-13,19H,7,10-11,14-15H2,1-3H3/t19-/m1/s1. The van der Waals surface area contributed by atoms with Crippen LogP contribution < -0.4 is 4.90 Å². The lowest BCUT2D eigenvalue weighted by atomic mass is 9.98. The first-order valence-corrected chi connectivity index (χ1v) is 13.1. The molecule has 1 aliphatic heterocycles. The maximum Gasteiger partial charge on any atom is 0.233 e. The van der Waals surface area contributed by atoms with Gasteiger partial charge in [0, 0.05) is 13.1 Å². The first kappa shape index (κ1) is 21.9. The molecule has 164 valence electrons. The fourth-order valence-electron chi connectivity index (χ4n) is 4.15. The summed E-state index contributed by atoms with van der Waals surface area (Å²) in [5.41, 5.74) is 4.19. The van der Waals surface area contributed by atoms with Crippen LogP contribution in [0.15, 0.2) is 42.5 Å². The van der Waals surface area contributed by atoms with Crippen molar-refractivity contribution < 1.29 is 13.2 Å². The van der Waals surface area contributed by atoms with Gasteiger partial charge in [-0.05, 0) is 49.4 Å². The number of aromatic nitrogens is 1. The van der Waals surface area contributed by atoms with E-state index in [9.17, 15) is 13.2 Å². The summed E-state index contributed by atoms with van der Waals surface area (Å²) < 4.78 is 26.6. The second kappa shape index (κ2) is 8.68. The van der Waals surface area contributed by atoms with Gasteiger partial charge in [0.2, 0.25) is 15.9 Å². The van der Waals surface area contributed by atoms with Crippen molar-refractivity contribution in [2.75, 3.05) is 24.2 Å². The second-order valence-electron chi connectivity index (χ2n) is 8.30. The number of anilines is 1. The summed E-state index contributed by atoms with van der Waals surface area (Å²) in [5.74, 6) is -0.437. The Morgan fingerprint density at radius 1 is 1.23 bits per heavy atom. The van der Waals surface area contributed by atoms with Gasteiger partial charge in [0.1, 0.15) is 0 Å². The predicted octanol–water partition coefficient (Wildman–Crippen LogP) is 4.12. The number of aryl methyl sites for hydroxylation is 2. The minimum atomic E-state index is -3.32. The number of carbonyl (C=O) groups is 1. The summed E-state index contributed by atoms with van der Waals surface area (Å²) in [5, 5.41) is 0.661. The molecule has 8 heteroatoms. The normalized spacial score (nSPS) is 17.7. The number of nitrogens with zero attached hydrogens (tertiary/aromatic N) is 3. The number of piperidine rings is 1. The van der Waals surface area contributed by atoms with Gasteiger partial charge in [0.15, 0.2) is 5.13 Å². The van der Waals surface area contributed by atoms with E-state index < -0.39 is 10.0 Å². The van der Waals surface area contributed by atoms with Gasteiger partial charge in [-0.1, -0.05) is 47.7 Å². The summed E-state index contributed by atoms with van der Waals surface area (Å²) in [7, 11) is -3.32. The number of hydrogen-bond acceptors (Lipinski definition) is 5. The summed E-state index contributed by atoms with van der Waals surface area (Å²) >= 11 is 1.52. The van der Waals surface area contributed by atoms with E-state index >= 15 is 0 Å². The molecule has 1 saturated heterocycles. The number of amides is 1. The molecule has 0 N–H and O–H groups in total. The Bertz CT molecular complexity index is 1210. The Morgan fingerprint density at radius 2 is 1.97 bits per heavy atom. The average molecular weight is 458 g/mol. The molecule has 1 atom stereocenters. The van der Waals surface area contributed by atoms with Crippen molar-refractivity contribution in [3.8, 4) is 0 Å². The maximum atomic E-state index is 13.7. The van der Waals surface area contributed by atoms with Gasteiger partial charge in [-0.3, -0.25) is 9.69 Å². The predicted molar refractivity (Wildman–Crippen MR) is 126 cm³/mol. The van der Waals surface area contributed by atoms with E-state index in [2.05, 4.69) is 13.0 Å². The highest BCUT2D eigenvalue weighted by Gasteiger charge is 2.34. The number of carbonyl (C=O) groups excluding carboxylic acids is 1. The molecule has 0 spiro atoms. The molecule has 0 unspecified atom stereocenters. The van der Waals surface area contributed by atoms with E-state index in [0.29, 0.717) is 31.1 Å². The van der Waals surface area contributed by atoms with Crippen LogP contribution in [0.5, 0.6) is 0 Å². The molecule has 4 rings (SSSR count). The second-order valence-corrected chi connectivity index (χ2v) is 11.3. The van der Waals surface area contributed by atoms with Gasteiger partial charge in [-0.25, -0.2) is 17.7 Å². The minimum absolute atomic E-state index is 0.0642. The first-order chi connectivity index (χ1) is 14.7. The van der Waals surface area contributed by atoms with Crippen molar-refractivity contribution in [2.24, 2.45) is 5.92 Å². The highest BCUT2D eigenvalue weighted by atomic mass is 32.2. The smallest absolute Gasteiger partial charge is 0.233 e. The van der Waals surface area contributed by atoms with E-state index in [4.69, 9.17) is 4.98 Å². The summed E-state index contributed by atoms with van der Waals surface area (Å²) in [6, 6.07) is 14.0. The summed E-state index contributed by atoms with van der Waals surface area (Å²) in [4.78, 5) is 20.2. The zero-order valence-electron chi connectivity index (χ0n) is 18.0. The van der Waals surface area contributed by atoms with Crippen LogP contribution in [-0.4, -0.2) is 43.0 Å². The fourth-order valence-corrected chi connectivity index (χ4v) is 6.08. The van der Waals surface area contributed by atoms with E-state index in [0.717, 1.165) is 26.9 Å². The molecule has 1 aliphatic rings. The van der Waals surface area contributed by atoms with Crippen LogP contribution in [0.1, 0.15) is 29.5 Å². The molecule has 0 aliphatic carbocycles. The summed E-state index contributed by atoms with van der Waals surface area (Å²) in [6.45, 7) is 5.21. The first-order valence-electron chi connectivity index (χ1n) is 10.4. The molecule has 0 saturated carbocycles. The topological polar surface area (TPSA) is 70.6 Å². The monoisotopic (exact) mass is 457 g/mol. The van der Waals surface area contributed by atoms with Gasteiger partial charge < -0.3 is 0 Å². The van der Waals surface area contributed by atoms with Crippen LogP contribution in [0.2, 0.25) is 0 Å². The molecule has 1 aromatic heterocycles. The molecule has 3 aromatic rings. The lowest BCUT2D eigenvalue weighted by Crippen LogP contribution is -2.46. The molecule has 6 nitrogen and oxygen atoms in total. The van der Waals surface area contributed by atoms with E-state index in [1.54, 1.807) is 4.90 Å². The molecule has 2 aromatic carbocycles. The van der Waals surface area contributed by atoms with E-state index in [-0.39, 0.29) is 18.4 Å². The fraction of sp³-hybridized carbons (Fsp3) is 0.391. The number of fused-ring (bicyclic) bond motifs is 1. The van der Waals surface area contributed by atoms with Gasteiger partial charge in [-0.15, -0.1) is 0 Å². The lowest BCUT2D eigenvalue weighted by Gasteiger charge is -2.33. The SMILES string of the molecule is Cc1cc(C)c2sc(N(Cc3ccccc3)C(=O)[C@@H]3CCCN(S(C)(=O)=O)C3)nc2c1. The minimum Gasteiger partial charge on any atom is -0.283 e. The number of benzene rings is 2. The van der Waals surface area contributed by atoms with Crippen LogP contribution >= 0.6 is 11.3 Å². The maximum absolute atomic E-state index is 13.7. The van der Waals surface area contributed by atoms with E-state index in [1.165, 1.54) is 21.9 Å². The van der Waals surface area contributed by atoms with Crippen molar-refractivity contribution in [1.82, 2.24) is 9.29 Å². The van der Waals surface area contributed by atoms with Crippen LogP contribution in [0, 0.1) is 19.8 Å². The zero-order valence-corrected chi connectivity index (χ0v) is 19.7. The number of sulfonamides is 1. The van der Waals surface area contributed by atoms with Crippen molar-refractivity contribution in [3.05, 3.63) is 59.2 Å². The highest BCUT2D eigenvalue weighted by Crippen LogP contribution is 2.34. The summed E-state index contributed by atoms with van der Waals surface area (Å²) in [6.07, 6.45) is 2.57. The van der Waals surface area contributed by atoms with Crippen LogP contribution in [0.3, 0.4) is 0 Å². The van der Waals surface area contributed by atoms with Gasteiger partial charge in [-0.2, -0.15) is 0 Å². The Balaban J connectivity index is 1.71. The van der Waals surface area contributed by atoms with Crippen molar-refractivity contribution in [1.29, 1.82) is 0 Å². The van der Waals surface area contributed by atoms with Crippen LogP contribution in [-0.2, 0) is 21.4 Å². The molecular weight excluding hydrogens is 430 g/mol. The van der Waals surface area contributed by atoms with Crippen molar-refractivity contribution >= 4 is 42.6 Å². The van der Waals surface area contributed by atoms with E-state index in [1.807, 2.05) is 43.3 Å². The lowest BCUT2D eigenvalue weighted by molar-refractivity contribution is -0.123. The Kier molecular flexibility index (Phi) is 6.14. The van der Waals surface area contributed by atoms with Crippen LogP contribution in [0.25, 0.3) is 10.2 Å². The highest BCUT2D eigenvalue weighted by molar-refractivity contribution is 7.88. The molecular formula is C23H27N3O3S2. The van der Waals surface area contributed by atoms with Gasteiger partial charge in [0.05, 0.1) is 28.9 Å². The van der Waals surface area contributed by atoms with Crippen molar-refractivity contribution in [2.45, 2.75) is 33.2 Å². The third-order valence-electron chi connectivity index (χ3n) is 5.69. The van der Waals surface area contributed by atoms with Crippen molar-refractivity contribution in [3.63, 3.8) is 0 Å². The quantitative estimate of drug-likeness (QED) is 0.578. The Labute approximate surface area is 187 Å². The zero-order chi connectivity index (χ0) is 22.2. The number of thiazole rings is 1. The average Bonchev–Trinajstić information content (AvgIpc) is 3.16.